The van der Waals surface area contributed by atoms with Gasteiger partial charge in [-0.05, 0) is 20.3 Å². The van der Waals surface area contributed by atoms with E-state index < -0.39 is 24.1 Å². The van der Waals surface area contributed by atoms with Crippen LogP contribution >= 0.6 is 45.5 Å². The van der Waals surface area contributed by atoms with Crippen molar-refractivity contribution in [2.75, 3.05) is 31.7 Å². The summed E-state index contributed by atoms with van der Waals surface area (Å²) in [5.41, 5.74) is 2.00. The third kappa shape index (κ3) is 6.04. The SMILES string of the molecule is CCOC(=O)c1sc(N2CCC(NC(=O)c3[nH]c(C)c(CI)c3Cl)C(OC)C2)nc1C(=O)N[C@@H]1C[C@@H]1F. The number of carbonyl (C=O) groups excluding carboxylic acids is 3. The topological polar surface area (TPSA) is 126 Å². The highest BCUT2D eigenvalue weighted by Crippen LogP contribution is 2.32. The van der Waals surface area contributed by atoms with Gasteiger partial charge in [-0.2, -0.15) is 0 Å². The van der Waals surface area contributed by atoms with Crippen LogP contribution in [0.15, 0.2) is 0 Å². The Balaban J connectivity index is 1.48. The number of nitrogens with zero attached hydrogens (tertiary/aromatic N) is 2. The fraction of sp³-hybridized carbons (Fsp3) is 0.565. The van der Waals surface area contributed by atoms with Crippen LogP contribution in [0.3, 0.4) is 0 Å². The molecule has 2 aromatic heterocycles. The maximum absolute atomic E-state index is 13.3. The van der Waals surface area contributed by atoms with Crippen molar-refractivity contribution < 1.29 is 28.2 Å². The molecule has 10 nitrogen and oxygen atoms in total. The van der Waals surface area contributed by atoms with Gasteiger partial charge in [0.1, 0.15) is 16.7 Å². The van der Waals surface area contributed by atoms with E-state index in [4.69, 9.17) is 21.1 Å². The van der Waals surface area contributed by atoms with Crippen LogP contribution in [0.5, 0.6) is 0 Å². The molecule has 2 amide bonds. The average Bonchev–Trinajstić information content (AvgIpc) is 3.26. The van der Waals surface area contributed by atoms with Gasteiger partial charge in [0.15, 0.2) is 10.8 Å². The van der Waals surface area contributed by atoms with Crippen LogP contribution in [0.4, 0.5) is 9.52 Å². The average molecular weight is 668 g/mol. The van der Waals surface area contributed by atoms with Crippen LogP contribution in [0.25, 0.3) is 0 Å². The third-order valence-corrected chi connectivity index (χ3v) is 8.66. The molecular weight excluding hydrogens is 640 g/mol. The highest BCUT2D eigenvalue weighted by atomic mass is 127. The molecule has 2 aliphatic rings. The maximum Gasteiger partial charge on any atom is 0.350 e. The van der Waals surface area contributed by atoms with Crippen molar-refractivity contribution in [3.63, 3.8) is 0 Å². The molecule has 14 heteroatoms. The van der Waals surface area contributed by atoms with Crippen molar-refractivity contribution in [3.05, 3.63) is 32.5 Å². The Bertz CT molecular complexity index is 1190. The van der Waals surface area contributed by atoms with Crippen molar-refractivity contribution in [2.45, 2.75) is 55.5 Å². The van der Waals surface area contributed by atoms with Crippen molar-refractivity contribution in [1.29, 1.82) is 0 Å². The molecule has 1 saturated heterocycles. The number of H-pyrrole nitrogens is 1. The number of carbonyl (C=O) groups is 3. The van der Waals surface area contributed by atoms with Gasteiger partial charge in [-0.25, -0.2) is 14.2 Å². The summed E-state index contributed by atoms with van der Waals surface area (Å²) < 4.78 is 24.8. The Hall–Kier alpha value is -1.97. The number of thiazole rings is 1. The maximum atomic E-state index is 13.3. The molecule has 0 bridgehead atoms. The number of amides is 2. The minimum absolute atomic E-state index is 0.0672. The number of alkyl halides is 2. The number of aromatic nitrogens is 2. The van der Waals surface area contributed by atoms with Gasteiger partial charge in [-0.1, -0.05) is 45.5 Å². The predicted octanol–water partition coefficient (Wildman–Crippen LogP) is 3.41. The number of aromatic amines is 1. The Morgan fingerprint density at radius 2 is 2.00 bits per heavy atom. The summed E-state index contributed by atoms with van der Waals surface area (Å²) >= 11 is 9.66. The number of halogens is 3. The summed E-state index contributed by atoms with van der Waals surface area (Å²) in [6.07, 6.45) is -0.689. The highest BCUT2D eigenvalue weighted by Gasteiger charge is 2.40. The number of ether oxygens (including phenoxy) is 2. The molecule has 4 atom stereocenters. The van der Waals surface area contributed by atoms with Gasteiger partial charge in [0.25, 0.3) is 11.8 Å². The van der Waals surface area contributed by atoms with Gasteiger partial charge in [0.05, 0.1) is 29.8 Å². The van der Waals surface area contributed by atoms with Gasteiger partial charge in [0.2, 0.25) is 0 Å². The molecule has 0 radical (unpaired) electrons. The van der Waals surface area contributed by atoms with Gasteiger partial charge in [-0.15, -0.1) is 0 Å². The minimum Gasteiger partial charge on any atom is -0.462 e. The first-order valence-corrected chi connectivity index (χ1v) is 14.5. The van der Waals surface area contributed by atoms with Crippen molar-refractivity contribution in [3.8, 4) is 0 Å². The smallest absolute Gasteiger partial charge is 0.350 e. The Labute approximate surface area is 236 Å². The van der Waals surface area contributed by atoms with E-state index in [0.717, 1.165) is 22.6 Å². The largest absolute Gasteiger partial charge is 0.462 e. The first-order chi connectivity index (χ1) is 17.7. The molecule has 3 heterocycles. The van der Waals surface area contributed by atoms with Crippen LogP contribution in [0, 0.1) is 6.92 Å². The first kappa shape index (κ1) is 28.0. The highest BCUT2D eigenvalue weighted by molar-refractivity contribution is 14.1. The second-order valence-electron chi connectivity index (χ2n) is 8.87. The Kier molecular flexibility index (Phi) is 8.96. The zero-order valence-corrected chi connectivity index (χ0v) is 24.3. The fourth-order valence-electron chi connectivity index (χ4n) is 4.17. The van der Waals surface area contributed by atoms with E-state index in [1.54, 1.807) is 14.0 Å². The first-order valence-electron chi connectivity index (χ1n) is 11.8. The second-order valence-corrected chi connectivity index (χ2v) is 11.0. The number of aryl methyl sites for hydroxylation is 1. The van der Waals surface area contributed by atoms with Gasteiger partial charge in [0, 0.05) is 42.3 Å². The summed E-state index contributed by atoms with van der Waals surface area (Å²) in [4.78, 5) is 47.7. The van der Waals surface area contributed by atoms with Gasteiger partial charge >= 0.3 is 5.97 Å². The molecule has 4 rings (SSSR count). The molecule has 202 valence electrons. The predicted molar refractivity (Wildman–Crippen MR) is 146 cm³/mol. The zero-order valence-electron chi connectivity index (χ0n) is 20.5. The number of anilines is 1. The molecule has 37 heavy (non-hydrogen) atoms. The molecule has 2 aromatic rings. The zero-order chi connectivity index (χ0) is 26.9. The van der Waals surface area contributed by atoms with E-state index in [9.17, 15) is 18.8 Å². The second kappa shape index (κ2) is 11.8. The molecule has 2 fully saturated rings. The summed E-state index contributed by atoms with van der Waals surface area (Å²) in [6, 6.07) is -0.852. The third-order valence-electron chi connectivity index (χ3n) is 6.38. The number of esters is 1. The van der Waals surface area contributed by atoms with E-state index >= 15 is 0 Å². The van der Waals surface area contributed by atoms with E-state index in [1.807, 2.05) is 11.8 Å². The Morgan fingerprint density at radius 3 is 2.59 bits per heavy atom. The summed E-state index contributed by atoms with van der Waals surface area (Å²) in [5, 5.41) is 6.45. The lowest BCUT2D eigenvalue weighted by molar-refractivity contribution is 0.0527. The van der Waals surface area contributed by atoms with E-state index in [0.29, 0.717) is 39.8 Å². The molecule has 1 saturated carbocycles. The minimum atomic E-state index is -1.08. The Morgan fingerprint density at radius 1 is 1.30 bits per heavy atom. The molecule has 0 spiro atoms. The lowest BCUT2D eigenvalue weighted by atomic mass is 10.0. The van der Waals surface area contributed by atoms with Crippen LogP contribution < -0.4 is 15.5 Å². The van der Waals surface area contributed by atoms with Gasteiger partial charge < -0.3 is 30.0 Å². The number of methoxy groups -OCH3 is 1. The monoisotopic (exact) mass is 667 g/mol. The van der Waals surface area contributed by atoms with Crippen molar-refractivity contribution >= 4 is 68.4 Å². The molecule has 1 aliphatic heterocycles. The molecule has 2 unspecified atom stereocenters. The fourth-order valence-corrected chi connectivity index (χ4v) is 6.68. The van der Waals surface area contributed by atoms with Crippen LogP contribution in [0.2, 0.25) is 5.02 Å². The number of hydrogen-bond acceptors (Lipinski definition) is 8. The summed E-state index contributed by atoms with van der Waals surface area (Å²) in [5.74, 6) is -1.57. The summed E-state index contributed by atoms with van der Waals surface area (Å²) in [6.45, 7) is 4.55. The summed E-state index contributed by atoms with van der Waals surface area (Å²) in [7, 11) is 1.56. The quantitative estimate of drug-likeness (QED) is 0.213. The van der Waals surface area contributed by atoms with Crippen LogP contribution in [-0.2, 0) is 13.9 Å². The molecule has 1 aliphatic carbocycles. The van der Waals surface area contributed by atoms with E-state index in [2.05, 4.69) is 43.2 Å². The van der Waals surface area contributed by atoms with E-state index in [-0.39, 0.29) is 41.7 Å². The van der Waals surface area contributed by atoms with Crippen LogP contribution in [-0.4, -0.2) is 78.9 Å². The number of piperidine rings is 1. The number of hydrogen-bond donors (Lipinski definition) is 3. The normalized spacial score (nSPS) is 23.0. The van der Waals surface area contributed by atoms with Crippen molar-refractivity contribution in [1.82, 2.24) is 20.6 Å². The van der Waals surface area contributed by atoms with Crippen molar-refractivity contribution in [2.24, 2.45) is 0 Å². The lowest BCUT2D eigenvalue weighted by Gasteiger charge is -2.37. The molecular formula is C23H28ClFIN5O5S. The standard InChI is InChI=1S/C23H28ClFIN5O5S/c1-4-36-22(34)19-18(21(33)29-14-7-12(14)25)30-23(37-19)31-6-5-13(15(9-31)35-3)28-20(32)17-16(24)11(8-26)10(2)27-17/h12-15,27H,4-9H2,1-3H3,(H,28,32)(H,29,33)/t12-,13?,14+,15?/m0/s1. The van der Waals surface area contributed by atoms with E-state index in [1.165, 1.54) is 0 Å². The number of rotatable bonds is 9. The molecule has 3 N–H and O–H groups in total. The molecule has 0 aromatic carbocycles. The van der Waals surface area contributed by atoms with Gasteiger partial charge in [-0.3, -0.25) is 9.59 Å². The van der Waals surface area contributed by atoms with Crippen LogP contribution in [0.1, 0.15) is 61.7 Å². The lowest BCUT2D eigenvalue weighted by Crippen LogP contribution is -2.55. The number of nitrogens with one attached hydrogen (secondary N) is 3.